The molecule has 4 fully saturated rings. The average Bonchev–Trinajstić information content (AvgIpc) is 3.29. The van der Waals surface area contributed by atoms with Crippen LogP contribution >= 0.6 is 0 Å². The maximum absolute atomic E-state index is 13.1. The van der Waals surface area contributed by atoms with Crippen molar-refractivity contribution in [1.82, 2.24) is 19.9 Å². The van der Waals surface area contributed by atoms with Gasteiger partial charge in [0.25, 0.3) is 5.89 Å². The van der Waals surface area contributed by atoms with Gasteiger partial charge >= 0.3 is 6.18 Å². The minimum atomic E-state index is -4.45. The second-order valence-corrected chi connectivity index (χ2v) is 8.42. The molecular formula is C21H23F3N4O3. The third kappa shape index (κ3) is 4.06. The van der Waals surface area contributed by atoms with Crippen molar-refractivity contribution in [2.75, 3.05) is 39.3 Å². The number of rotatable bonds is 3. The highest BCUT2D eigenvalue weighted by atomic mass is 19.4. The van der Waals surface area contributed by atoms with Crippen LogP contribution in [0.2, 0.25) is 0 Å². The first-order valence-corrected chi connectivity index (χ1v) is 10.5. The van der Waals surface area contributed by atoms with E-state index in [1.54, 1.807) is 4.90 Å². The van der Waals surface area contributed by atoms with Crippen molar-refractivity contribution in [3.63, 3.8) is 0 Å². The van der Waals surface area contributed by atoms with E-state index in [9.17, 15) is 18.0 Å². The average molecular weight is 436 g/mol. The number of benzene rings is 1. The predicted molar refractivity (Wildman–Crippen MR) is 103 cm³/mol. The summed E-state index contributed by atoms with van der Waals surface area (Å²) in [6.07, 6.45) is -2.92. The van der Waals surface area contributed by atoms with Crippen LogP contribution in [-0.2, 0) is 15.7 Å². The van der Waals surface area contributed by atoms with E-state index in [2.05, 4.69) is 15.0 Å². The molecule has 4 saturated heterocycles. The van der Waals surface area contributed by atoms with E-state index in [1.165, 1.54) is 12.1 Å². The van der Waals surface area contributed by atoms with Gasteiger partial charge in [-0.1, -0.05) is 17.3 Å². The summed E-state index contributed by atoms with van der Waals surface area (Å²) in [6, 6.07) is 4.78. The topological polar surface area (TPSA) is 71.7 Å². The minimum absolute atomic E-state index is 0.0182. The molecule has 4 aliphatic heterocycles. The fraction of sp³-hybridized carbons (Fsp3) is 0.571. The Hall–Kier alpha value is -2.46. The molecule has 0 radical (unpaired) electrons. The zero-order valence-electron chi connectivity index (χ0n) is 16.8. The second-order valence-electron chi connectivity index (χ2n) is 8.42. The van der Waals surface area contributed by atoms with Crippen molar-refractivity contribution in [1.29, 1.82) is 0 Å². The number of morpholine rings is 1. The third-order valence-electron chi connectivity index (χ3n) is 6.52. The lowest BCUT2D eigenvalue weighted by Gasteiger charge is -2.46. The highest BCUT2D eigenvalue weighted by Gasteiger charge is 2.41. The van der Waals surface area contributed by atoms with E-state index in [4.69, 9.17) is 9.26 Å². The molecule has 1 aromatic carbocycles. The van der Waals surface area contributed by atoms with E-state index < -0.39 is 17.8 Å². The Balaban J connectivity index is 1.29. The second kappa shape index (κ2) is 7.90. The van der Waals surface area contributed by atoms with Crippen LogP contribution in [0.15, 0.2) is 28.8 Å². The molecule has 2 bridgehead atoms. The molecule has 6 rings (SSSR count). The number of amides is 1. The van der Waals surface area contributed by atoms with Gasteiger partial charge in [-0.3, -0.25) is 4.79 Å². The Bertz CT molecular complexity index is 955. The molecule has 1 amide bonds. The lowest BCUT2D eigenvalue weighted by atomic mass is 9.78. The molecule has 7 nitrogen and oxygen atoms in total. The molecular weight excluding hydrogens is 413 g/mol. The molecule has 0 unspecified atom stereocenters. The number of nitrogens with zero attached hydrogens (tertiary/aromatic N) is 4. The van der Waals surface area contributed by atoms with E-state index in [1.807, 2.05) is 0 Å². The summed E-state index contributed by atoms with van der Waals surface area (Å²) in [4.78, 5) is 21.6. The van der Waals surface area contributed by atoms with Crippen molar-refractivity contribution >= 4 is 5.91 Å². The molecule has 0 saturated carbocycles. The highest BCUT2D eigenvalue weighted by molar-refractivity contribution is 5.80. The van der Waals surface area contributed by atoms with E-state index >= 15 is 0 Å². The normalized spacial score (nSPS) is 28.7. The Morgan fingerprint density at radius 3 is 2.65 bits per heavy atom. The van der Waals surface area contributed by atoms with Gasteiger partial charge in [-0.2, -0.15) is 18.2 Å². The number of aromatic nitrogens is 2. The summed E-state index contributed by atoms with van der Waals surface area (Å²) in [7, 11) is 0. The van der Waals surface area contributed by atoms with Crippen LogP contribution in [0.1, 0.15) is 30.4 Å². The molecule has 0 N–H and O–H groups in total. The largest absolute Gasteiger partial charge is 0.416 e. The first kappa shape index (κ1) is 20.4. The van der Waals surface area contributed by atoms with Gasteiger partial charge in [-0.25, -0.2) is 0 Å². The lowest BCUT2D eigenvalue weighted by Crippen LogP contribution is -2.55. The number of alkyl halides is 3. The van der Waals surface area contributed by atoms with Crippen molar-refractivity contribution in [3.8, 4) is 11.4 Å². The summed E-state index contributed by atoms with van der Waals surface area (Å²) in [5.41, 5.74) is -0.569. The summed E-state index contributed by atoms with van der Waals surface area (Å²) in [6.45, 7) is 4.10. The number of hydrogen-bond acceptors (Lipinski definition) is 6. The number of hydrogen-bond donors (Lipinski definition) is 0. The number of ether oxygens (including phenoxy) is 1. The molecule has 4 aliphatic rings. The van der Waals surface area contributed by atoms with Crippen LogP contribution in [-0.4, -0.2) is 65.2 Å². The third-order valence-corrected chi connectivity index (χ3v) is 6.52. The number of halogens is 3. The highest BCUT2D eigenvalue weighted by Crippen LogP contribution is 2.35. The SMILES string of the molecule is O=C([C@@H]1CN2CCC1CC2)N1CCO[C@@H](c2nc(-c3cccc(C(F)(F)F)c3)no2)C1. The Morgan fingerprint density at radius 1 is 1.13 bits per heavy atom. The Morgan fingerprint density at radius 2 is 1.94 bits per heavy atom. The van der Waals surface area contributed by atoms with Crippen LogP contribution in [0.25, 0.3) is 11.4 Å². The molecule has 1 aromatic heterocycles. The van der Waals surface area contributed by atoms with Gasteiger partial charge in [-0.15, -0.1) is 0 Å². The van der Waals surface area contributed by atoms with Crippen molar-refractivity contribution < 1.29 is 27.2 Å². The van der Waals surface area contributed by atoms with Crippen LogP contribution in [0.4, 0.5) is 13.2 Å². The molecule has 5 heterocycles. The van der Waals surface area contributed by atoms with Gasteiger partial charge in [0.15, 0.2) is 6.10 Å². The fourth-order valence-electron chi connectivity index (χ4n) is 4.80. The zero-order chi connectivity index (χ0) is 21.6. The van der Waals surface area contributed by atoms with Crippen LogP contribution in [0.5, 0.6) is 0 Å². The van der Waals surface area contributed by atoms with Gasteiger partial charge in [0.1, 0.15) is 0 Å². The van der Waals surface area contributed by atoms with Crippen molar-refractivity contribution in [2.45, 2.75) is 25.1 Å². The summed E-state index contributed by atoms with van der Waals surface area (Å²) in [5, 5.41) is 3.83. The summed E-state index contributed by atoms with van der Waals surface area (Å²) < 4.78 is 50.0. The van der Waals surface area contributed by atoms with Gasteiger partial charge in [0.2, 0.25) is 11.7 Å². The van der Waals surface area contributed by atoms with E-state index in [0.717, 1.165) is 44.6 Å². The van der Waals surface area contributed by atoms with Gasteiger partial charge < -0.3 is 19.1 Å². The summed E-state index contributed by atoms with van der Waals surface area (Å²) >= 11 is 0. The molecule has 0 spiro atoms. The standard InChI is InChI=1S/C21H23F3N4O3/c22-21(23,24)15-3-1-2-14(10-15)18-25-19(31-26-18)17-12-28(8-9-30-17)20(29)16-11-27-6-4-13(16)5-7-27/h1-3,10,13,16-17H,4-9,11-12H2/t16-,17-/m1/s1. The zero-order valence-corrected chi connectivity index (χ0v) is 16.8. The van der Waals surface area contributed by atoms with Crippen molar-refractivity contribution in [2.24, 2.45) is 11.8 Å². The lowest BCUT2D eigenvalue weighted by molar-refractivity contribution is -0.150. The predicted octanol–water partition coefficient (Wildman–Crippen LogP) is 3.00. The van der Waals surface area contributed by atoms with Gasteiger partial charge in [0, 0.05) is 18.7 Å². The maximum atomic E-state index is 13.1. The first-order valence-electron chi connectivity index (χ1n) is 10.5. The van der Waals surface area contributed by atoms with Crippen LogP contribution in [0, 0.1) is 11.8 Å². The number of carbonyl (C=O) groups is 1. The van der Waals surface area contributed by atoms with Crippen molar-refractivity contribution in [3.05, 3.63) is 35.7 Å². The van der Waals surface area contributed by atoms with Crippen LogP contribution in [0.3, 0.4) is 0 Å². The monoisotopic (exact) mass is 436 g/mol. The van der Waals surface area contributed by atoms with E-state index in [0.29, 0.717) is 25.6 Å². The number of piperidine rings is 3. The number of carbonyl (C=O) groups excluding carboxylic acids is 1. The maximum Gasteiger partial charge on any atom is 0.416 e. The first-order chi connectivity index (χ1) is 14.9. The minimum Gasteiger partial charge on any atom is -0.365 e. The van der Waals surface area contributed by atoms with Crippen LogP contribution < -0.4 is 0 Å². The quantitative estimate of drug-likeness (QED) is 0.737. The number of fused-ring (bicyclic) bond motifs is 3. The molecule has 10 heteroatoms. The molecule has 2 atom stereocenters. The molecule has 0 aliphatic carbocycles. The fourth-order valence-corrected chi connectivity index (χ4v) is 4.80. The summed E-state index contributed by atoms with van der Waals surface area (Å²) in [5.74, 6) is 0.823. The Kier molecular flexibility index (Phi) is 5.21. The Labute approximate surface area is 177 Å². The smallest absolute Gasteiger partial charge is 0.365 e. The van der Waals surface area contributed by atoms with Gasteiger partial charge in [0.05, 0.1) is 24.6 Å². The molecule has 2 aromatic rings. The molecule has 166 valence electrons. The van der Waals surface area contributed by atoms with E-state index in [-0.39, 0.29) is 29.1 Å². The molecule has 31 heavy (non-hydrogen) atoms. The van der Waals surface area contributed by atoms with Gasteiger partial charge in [-0.05, 0) is 44.0 Å².